The number of benzene rings is 1. The zero-order valence-corrected chi connectivity index (χ0v) is 8.42. The predicted octanol–water partition coefficient (Wildman–Crippen LogP) is 1.78. The molecular weight excluding hydrogens is 221 g/mol. The van der Waals surface area contributed by atoms with Crippen LogP contribution in [0.15, 0.2) is 18.2 Å². The van der Waals surface area contributed by atoms with E-state index >= 15 is 0 Å². The molecule has 0 radical (unpaired) electrons. The Balaban J connectivity index is 2.41. The molecule has 15 heavy (non-hydrogen) atoms. The third-order valence-electron chi connectivity index (χ3n) is 2.18. The van der Waals surface area contributed by atoms with Crippen molar-refractivity contribution in [2.75, 3.05) is 11.4 Å². The van der Waals surface area contributed by atoms with Gasteiger partial charge in [-0.25, -0.2) is 4.39 Å². The van der Waals surface area contributed by atoms with Crippen LogP contribution < -0.4 is 4.90 Å². The average molecular weight is 228 g/mol. The maximum atomic E-state index is 12.9. The Hall–Kier alpha value is -1.42. The zero-order valence-electron chi connectivity index (χ0n) is 7.67. The maximum absolute atomic E-state index is 12.9. The fourth-order valence-corrected chi connectivity index (χ4v) is 1.72. The highest BCUT2D eigenvalue weighted by Crippen LogP contribution is 2.29. The molecule has 3 nitrogen and oxygen atoms in total. The van der Waals surface area contributed by atoms with Crippen molar-refractivity contribution in [2.45, 2.75) is 6.42 Å². The lowest BCUT2D eigenvalue weighted by atomic mass is 10.3. The number of hydrogen-bond donors (Lipinski definition) is 0. The van der Waals surface area contributed by atoms with Crippen molar-refractivity contribution in [1.82, 2.24) is 0 Å². The third-order valence-corrected chi connectivity index (χ3v) is 2.50. The molecule has 0 aromatic heterocycles. The van der Waals surface area contributed by atoms with Crippen molar-refractivity contribution in [1.29, 1.82) is 0 Å². The lowest BCUT2D eigenvalue weighted by molar-refractivity contribution is -0.121. The summed E-state index contributed by atoms with van der Waals surface area (Å²) in [5.41, 5.74) is 0.257. The molecule has 1 aromatic rings. The van der Waals surface area contributed by atoms with Gasteiger partial charge in [0.2, 0.25) is 5.91 Å². The van der Waals surface area contributed by atoms with Crippen molar-refractivity contribution in [2.24, 2.45) is 0 Å². The molecule has 0 spiro atoms. The summed E-state index contributed by atoms with van der Waals surface area (Å²) in [5, 5.41) is 0.263. The van der Waals surface area contributed by atoms with Gasteiger partial charge in [0, 0.05) is 0 Å². The van der Waals surface area contributed by atoms with Crippen molar-refractivity contribution in [3.05, 3.63) is 29.0 Å². The fourth-order valence-electron chi connectivity index (χ4n) is 1.50. The van der Waals surface area contributed by atoms with Crippen LogP contribution in [-0.2, 0) is 9.59 Å². The first-order valence-corrected chi connectivity index (χ1v) is 4.73. The summed E-state index contributed by atoms with van der Waals surface area (Å²) in [6, 6.07) is 3.72. The van der Waals surface area contributed by atoms with E-state index in [1.165, 1.54) is 17.0 Å². The number of anilines is 1. The second kappa shape index (κ2) is 3.62. The number of carbonyl (C=O) groups excluding carboxylic acids is 2. The molecule has 0 N–H and O–H groups in total. The van der Waals surface area contributed by atoms with Crippen LogP contribution in [0, 0.1) is 5.82 Å². The minimum atomic E-state index is -0.485. The van der Waals surface area contributed by atoms with Crippen LogP contribution in [0.25, 0.3) is 0 Å². The van der Waals surface area contributed by atoms with Gasteiger partial charge in [0.25, 0.3) is 0 Å². The highest BCUT2D eigenvalue weighted by Gasteiger charge is 2.29. The lowest BCUT2D eigenvalue weighted by Crippen LogP contribution is -2.24. The second-order valence-corrected chi connectivity index (χ2v) is 3.70. The monoisotopic (exact) mass is 227 g/mol. The summed E-state index contributed by atoms with van der Waals surface area (Å²) in [6.07, 6.45) is -0.132. The summed E-state index contributed by atoms with van der Waals surface area (Å²) in [5.74, 6) is -1.01. The number of ketones is 1. The van der Waals surface area contributed by atoms with Crippen LogP contribution in [0.4, 0.5) is 10.1 Å². The normalized spacial score (nSPS) is 16.3. The molecular formula is C10H7ClFNO2. The van der Waals surface area contributed by atoms with E-state index in [4.69, 9.17) is 11.6 Å². The van der Waals surface area contributed by atoms with Crippen LogP contribution >= 0.6 is 11.6 Å². The first kappa shape index (κ1) is 10.1. The Morgan fingerprint density at radius 2 is 2.07 bits per heavy atom. The van der Waals surface area contributed by atoms with Crippen molar-refractivity contribution in [3.8, 4) is 0 Å². The second-order valence-electron chi connectivity index (χ2n) is 3.29. The van der Waals surface area contributed by atoms with Gasteiger partial charge in [-0.05, 0) is 18.2 Å². The first-order chi connectivity index (χ1) is 7.08. The van der Waals surface area contributed by atoms with Crippen LogP contribution in [0.3, 0.4) is 0 Å². The minimum absolute atomic E-state index is 0.0258. The van der Waals surface area contributed by atoms with Gasteiger partial charge >= 0.3 is 0 Å². The molecule has 1 aromatic carbocycles. The number of hydrogen-bond acceptors (Lipinski definition) is 2. The van der Waals surface area contributed by atoms with Gasteiger partial charge in [-0.1, -0.05) is 11.6 Å². The molecule has 1 saturated heterocycles. The van der Waals surface area contributed by atoms with Gasteiger partial charge in [-0.3, -0.25) is 9.59 Å². The SMILES string of the molecule is O=C1CC(=O)N(c2cc(F)ccc2Cl)C1. The molecule has 1 heterocycles. The molecule has 5 heteroatoms. The molecule has 1 fully saturated rings. The van der Waals surface area contributed by atoms with Crippen molar-refractivity contribution in [3.63, 3.8) is 0 Å². The summed E-state index contributed by atoms with van der Waals surface area (Å²) >= 11 is 5.82. The predicted molar refractivity (Wildman–Crippen MR) is 53.4 cm³/mol. The number of nitrogens with zero attached hydrogens (tertiary/aromatic N) is 1. The van der Waals surface area contributed by atoms with E-state index in [0.29, 0.717) is 0 Å². The topological polar surface area (TPSA) is 37.4 Å². The molecule has 78 valence electrons. The van der Waals surface area contributed by atoms with Crippen LogP contribution in [0.5, 0.6) is 0 Å². The van der Waals surface area contributed by atoms with E-state index in [-0.39, 0.29) is 35.4 Å². The van der Waals surface area contributed by atoms with Crippen LogP contribution in [0.2, 0.25) is 5.02 Å². The van der Waals surface area contributed by atoms with E-state index < -0.39 is 5.82 Å². The summed E-state index contributed by atoms with van der Waals surface area (Å²) in [6.45, 7) is -0.0258. The van der Waals surface area contributed by atoms with E-state index in [0.717, 1.165) is 6.07 Å². The summed E-state index contributed by atoms with van der Waals surface area (Å²) in [7, 11) is 0. The number of carbonyl (C=O) groups is 2. The van der Waals surface area contributed by atoms with Crippen LogP contribution in [0.1, 0.15) is 6.42 Å². The molecule has 1 amide bonds. The summed E-state index contributed by atoms with van der Waals surface area (Å²) in [4.78, 5) is 23.6. The molecule has 0 saturated carbocycles. The number of Topliss-reactive ketones (excluding diaryl/α,β-unsaturated/α-hetero) is 1. The maximum Gasteiger partial charge on any atom is 0.234 e. The van der Waals surface area contributed by atoms with Gasteiger partial charge in [0.05, 0.1) is 23.7 Å². The Morgan fingerprint density at radius 3 is 2.67 bits per heavy atom. The molecule has 0 aliphatic carbocycles. The Kier molecular flexibility index (Phi) is 2.44. The van der Waals surface area contributed by atoms with E-state index in [1.54, 1.807) is 0 Å². The Bertz CT molecular complexity index is 447. The van der Waals surface area contributed by atoms with E-state index in [1.807, 2.05) is 0 Å². The third kappa shape index (κ3) is 1.85. The molecule has 0 unspecified atom stereocenters. The zero-order chi connectivity index (χ0) is 11.0. The lowest BCUT2D eigenvalue weighted by Gasteiger charge is -2.15. The molecule has 2 rings (SSSR count). The number of rotatable bonds is 1. The standard InChI is InChI=1S/C10H7ClFNO2/c11-8-2-1-6(12)3-9(8)13-5-7(14)4-10(13)15/h1-3H,4-5H2. The quantitative estimate of drug-likeness (QED) is 0.686. The Labute approximate surface area is 90.4 Å². The molecule has 0 bridgehead atoms. The number of amides is 1. The van der Waals surface area contributed by atoms with Crippen LogP contribution in [-0.4, -0.2) is 18.2 Å². The summed E-state index contributed by atoms with van der Waals surface area (Å²) < 4.78 is 12.9. The smallest absolute Gasteiger partial charge is 0.234 e. The van der Waals surface area contributed by atoms with Crippen molar-refractivity contribution < 1.29 is 14.0 Å². The van der Waals surface area contributed by atoms with Gasteiger partial charge < -0.3 is 4.90 Å². The largest absolute Gasteiger partial charge is 0.303 e. The molecule has 1 aliphatic heterocycles. The number of halogens is 2. The minimum Gasteiger partial charge on any atom is -0.303 e. The first-order valence-electron chi connectivity index (χ1n) is 4.35. The molecule has 1 aliphatic rings. The van der Waals surface area contributed by atoms with Crippen molar-refractivity contribution >= 4 is 29.0 Å². The van der Waals surface area contributed by atoms with Gasteiger partial charge in [0.1, 0.15) is 5.82 Å². The fraction of sp³-hybridized carbons (Fsp3) is 0.200. The van der Waals surface area contributed by atoms with Gasteiger partial charge in [-0.15, -0.1) is 0 Å². The van der Waals surface area contributed by atoms with E-state index in [2.05, 4.69) is 0 Å². The van der Waals surface area contributed by atoms with Gasteiger partial charge in [-0.2, -0.15) is 0 Å². The average Bonchev–Trinajstić information content (AvgIpc) is 2.50. The molecule has 0 atom stereocenters. The highest BCUT2D eigenvalue weighted by molar-refractivity contribution is 6.34. The highest BCUT2D eigenvalue weighted by atomic mass is 35.5. The van der Waals surface area contributed by atoms with Gasteiger partial charge in [0.15, 0.2) is 5.78 Å². The Morgan fingerprint density at radius 1 is 1.33 bits per heavy atom. The van der Waals surface area contributed by atoms with E-state index in [9.17, 15) is 14.0 Å².